The Kier molecular flexibility index (Phi) is 5.82. The molecule has 0 aliphatic carbocycles. The summed E-state index contributed by atoms with van der Waals surface area (Å²) in [5.41, 5.74) is 0.658. The number of allylic oxidation sites excluding steroid dienone is 1. The number of carbonyl (C=O) groups is 1. The number of sulfonamides is 2. The highest BCUT2D eigenvalue weighted by atomic mass is 32.2. The lowest BCUT2D eigenvalue weighted by molar-refractivity contribution is -0.118. The zero-order valence-corrected chi connectivity index (χ0v) is 16.6. The van der Waals surface area contributed by atoms with Crippen LogP contribution in [-0.2, 0) is 31.4 Å². The van der Waals surface area contributed by atoms with E-state index >= 15 is 0 Å². The van der Waals surface area contributed by atoms with Crippen molar-refractivity contribution in [2.75, 3.05) is 19.8 Å². The van der Waals surface area contributed by atoms with Crippen LogP contribution < -0.4 is 9.94 Å². The van der Waals surface area contributed by atoms with E-state index in [1.165, 1.54) is 19.2 Å². The molecule has 0 spiro atoms. The molecule has 2 aromatic rings. The summed E-state index contributed by atoms with van der Waals surface area (Å²) >= 11 is 1.10. The first-order valence-electron chi connectivity index (χ1n) is 7.19. The number of fused-ring (bicyclic) bond motifs is 1. The van der Waals surface area contributed by atoms with E-state index in [0.29, 0.717) is 21.6 Å². The van der Waals surface area contributed by atoms with Gasteiger partial charge in [0, 0.05) is 13.6 Å². The molecule has 0 unspecified atom stereocenters. The van der Waals surface area contributed by atoms with Gasteiger partial charge >= 0.3 is 0 Å². The van der Waals surface area contributed by atoms with Crippen LogP contribution in [-0.4, -0.2) is 51.5 Å². The maximum Gasteiger partial charge on any atom is 0.263 e. The summed E-state index contributed by atoms with van der Waals surface area (Å²) in [4.78, 5) is 16.3. The lowest BCUT2D eigenvalue weighted by Crippen LogP contribution is -2.31. The molecule has 0 atom stereocenters. The van der Waals surface area contributed by atoms with Gasteiger partial charge < -0.3 is 4.57 Å². The van der Waals surface area contributed by atoms with E-state index in [2.05, 4.69) is 11.6 Å². The highest BCUT2D eigenvalue weighted by Gasteiger charge is 2.16. The monoisotopic (exact) mass is 418 g/mol. The third-order valence-corrected chi connectivity index (χ3v) is 6.65. The Balaban J connectivity index is 2.56. The highest BCUT2D eigenvalue weighted by Crippen LogP contribution is 2.21. The lowest BCUT2D eigenvalue weighted by atomic mass is 10.3. The largest absolute Gasteiger partial charge is 0.313 e. The lowest BCUT2D eigenvalue weighted by Gasteiger charge is -2.10. The summed E-state index contributed by atoms with van der Waals surface area (Å²) < 4.78 is 49.0. The number of hydrogen-bond acceptors (Lipinski definition) is 6. The van der Waals surface area contributed by atoms with Crippen LogP contribution in [0.2, 0.25) is 0 Å². The second kappa shape index (κ2) is 7.40. The van der Waals surface area contributed by atoms with E-state index in [0.717, 1.165) is 21.9 Å². The van der Waals surface area contributed by atoms with E-state index in [4.69, 9.17) is 5.14 Å². The Morgan fingerprint density at radius 1 is 1.38 bits per heavy atom. The van der Waals surface area contributed by atoms with Crippen LogP contribution in [0.15, 0.2) is 40.7 Å². The first-order chi connectivity index (χ1) is 11.9. The SMILES string of the molecule is C=CCn1c(=NC(=O)CN(C)S(C)(=O)=O)sc2cc(S(N)(=O)=O)ccc21. The summed E-state index contributed by atoms with van der Waals surface area (Å²) in [5.74, 6) is -0.644. The molecule has 12 heteroatoms. The number of nitrogens with two attached hydrogens (primary N) is 1. The number of primary sulfonamides is 1. The van der Waals surface area contributed by atoms with Crippen LogP contribution in [0.1, 0.15) is 0 Å². The van der Waals surface area contributed by atoms with Crippen molar-refractivity contribution in [1.29, 1.82) is 0 Å². The first kappa shape index (κ1) is 20.5. The van der Waals surface area contributed by atoms with E-state index < -0.39 is 32.5 Å². The number of thiazole rings is 1. The normalized spacial score (nSPS) is 13.5. The van der Waals surface area contributed by atoms with Crippen molar-refractivity contribution in [3.05, 3.63) is 35.7 Å². The fraction of sp³-hybridized carbons (Fsp3) is 0.286. The van der Waals surface area contributed by atoms with E-state index in [1.54, 1.807) is 16.7 Å². The fourth-order valence-electron chi connectivity index (χ4n) is 2.07. The Labute approximate surface area is 155 Å². The van der Waals surface area contributed by atoms with Crippen molar-refractivity contribution in [2.45, 2.75) is 11.4 Å². The van der Waals surface area contributed by atoms with Crippen molar-refractivity contribution in [1.82, 2.24) is 8.87 Å². The summed E-state index contributed by atoms with van der Waals surface area (Å²) in [7, 11) is -6.08. The summed E-state index contributed by atoms with van der Waals surface area (Å²) in [6.07, 6.45) is 2.60. The standard InChI is InChI=1S/C14H18N4O5S3/c1-4-7-18-11-6-5-10(26(15,22)23)8-12(11)24-14(18)16-13(19)9-17(2)25(3,20)21/h4-6,8H,1,7,9H2,2-3H3,(H2,15,22,23). The van der Waals surface area contributed by atoms with Gasteiger partial charge in [-0.3, -0.25) is 4.79 Å². The number of hydrogen-bond donors (Lipinski definition) is 1. The fourth-order valence-corrected chi connectivity index (χ4v) is 4.13. The number of likely N-dealkylation sites (N-methyl/N-ethyl adjacent to an activating group) is 1. The molecule has 2 N–H and O–H groups in total. The van der Waals surface area contributed by atoms with Crippen LogP contribution in [0.3, 0.4) is 0 Å². The molecule has 1 aromatic heterocycles. The third kappa shape index (κ3) is 4.65. The maximum atomic E-state index is 12.1. The molecule has 26 heavy (non-hydrogen) atoms. The number of carbonyl (C=O) groups excluding carboxylic acids is 1. The van der Waals surface area contributed by atoms with Crippen LogP contribution >= 0.6 is 11.3 Å². The Hall–Kier alpha value is -1.86. The summed E-state index contributed by atoms with van der Waals surface area (Å²) in [5, 5.41) is 5.14. The van der Waals surface area contributed by atoms with Crippen molar-refractivity contribution in [2.24, 2.45) is 10.1 Å². The van der Waals surface area contributed by atoms with Gasteiger partial charge in [0.15, 0.2) is 4.80 Å². The molecule has 0 bridgehead atoms. The quantitative estimate of drug-likeness (QED) is 0.652. The van der Waals surface area contributed by atoms with Gasteiger partial charge in [0.2, 0.25) is 20.0 Å². The van der Waals surface area contributed by atoms with Gasteiger partial charge in [-0.25, -0.2) is 22.0 Å². The minimum Gasteiger partial charge on any atom is -0.313 e. The molecule has 1 amide bonds. The molecule has 2 rings (SSSR count). The zero-order chi connectivity index (χ0) is 19.7. The minimum atomic E-state index is -3.86. The molecule has 1 heterocycles. The van der Waals surface area contributed by atoms with Crippen LogP contribution in [0.4, 0.5) is 0 Å². The average Bonchev–Trinajstić information content (AvgIpc) is 2.82. The number of benzene rings is 1. The first-order valence-corrected chi connectivity index (χ1v) is 11.4. The van der Waals surface area contributed by atoms with Crippen molar-refractivity contribution in [3.8, 4) is 0 Å². The molecule has 0 fully saturated rings. The molecule has 0 radical (unpaired) electrons. The van der Waals surface area contributed by atoms with Gasteiger partial charge in [0.25, 0.3) is 5.91 Å². The van der Waals surface area contributed by atoms with Gasteiger partial charge in [-0.15, -0.1) is 6.58 Å². The predicted molar refractivity (Wildman–Crippen MR) is 99.4 cm³/mol. The van der Waals surface area contributed by atoms with Gasteiger partial charge in [0.05, 0.1) is 27.9 Å². The molecule has 0 aliphatic heterocycles. The third-order valence-electron chi connectivity index (χ3n) is 3.44. The molecule has 142 valence electrons. The number of rotatable bonds is 6. The van der Waals surface area contributed by atoms with Crippen LogP contribution in [0.5, 0.6) is 0 Å². The van der Waals surface area contributed by atoms with Gasteiger partial charge in [0.1, 0.15) is 0 Å². The van der Waals surface area contributed by atoms with Crippen LogP contribution in [0.25, 0.3) is 10.2 Å². The second-order valence-electron chi connectivity index (χ2n) is 5.48. The molecule has 0 saturated heterocycles. The van der Waals surface area contributed by atoms with E-state index in [1.807, 2.05) is 0 Å². The van der Waals surface area contributed by atoms with Crippen molar-refractivity contribution >= 4 is 47.5 Å². The Morgan fingerprint density at radius 2 is 2.04 bits per heavy atom. The molecule has 0 aliphatic rings. The molecular formula is C14H18N4O5S3. The minimum absolute atomic E-state index is 0.0494. The molecule has 9 nitrogen and oxygen atoms in total. The smallest absolute Gasteiger partial charge is 0.263 e. The Bertz CT molecular complexity index is 1140. The molecule has 0 saturated carbocycles. The highest BCUT2D eigenvalue weighted by molar-refractivity contribution is 7.89. The molecule has 1 aromatic carbocycles. The van der Waals surface area contributed by atoms with E-state index in [9.17, 15) is 21.6 Å². The number of amides is 1. The van der Waals surface area contributed by atoms with E-state index in [-0.39, 0.29) is 4.90 Å². The van der Waals surface area contributed by atoms with Crippen LogP contribution in [0, 0.1) is 0 Å². The summed E-state index contributed by atoms with van der Waals surface area (Å²) in [6.45, 7) is 3.59. The van der Waals surface area contributed by atoms with Crippen molar-refractivity contribution < 1.29 is 21.6 Å². The van der Waals surface area contributed by atoms with Gasteiger partial charge in [-0.05, 0) is 18.2 Å². The van der Waals surface area contributed by atoms with Gasteiger partial charge in [-0.2, -0.15) is 9.30 Å². The number of aromatic nitrogens is 1. The zero-order valence-electron chi connectivity index (χ0n) is 14.1. The topological polar surface area (TPSA) is 132 Å². The predicted octanol–water partition coefficient (Wildman–Crippen LogP) is -0.145. The number of nitrogens with zero attached hydrogens (tertiary/aromatic N) is 3. The Morgan fingerprint density at radius 3 is 2.58 bits per heavy atom. The average molecular weight is 419 g/mol. The van der Waals surface area contributed by atoms with Crippen molar-refractivity contribution in [3.63, 3.8) is 0 Å². The second-order valence-corrected chi connectivity index (χ2v) is 10.1. The summed E-state index contributed by atoms with van der Waals surface area (Å²) in [6, 6.07) is 4.34. The van der Waals surface area contributed by atoms with Gasteiger partial charge in [-0.1, -0.05) is 17.4 Å². The maximum absolute atomic E-state index is 12.1. The molecular weight excluding hydrogens is 400 g/mol.